The first-order valence-electron chi connectivity index (χ1n) is 6.33. The second-order valence-electron chi connectivity index (χ2n) is 5.10. The summed E-state index contributed by atoms with van der Waals surface area (Å²) in [7, 11) is 0. The van der Waals surface area contributed by atoms with E-state index in [0.717, 1.165) is 11.1 Å². The summed E-state index contributed by atoms with van der Waals surface area (Å²) < 4.78 is 5.83. The van der Waals surface area contributed by atoms with E-state index in [2.05, 4.69) is 4.99 Å². The Morgan fingerprint density at radius 3 is 3.05 bits per heavy atom. The molecule has 2 heterocycles. The zero-order chi connectivity index (χ0) is 13.9. The molecule has 4 rings (SSSR count). The van der Waals surface area contributed by atoms with Gasteiger partial charge in [-0.3, -0.25) is 9.79 Å². The van der Waals surface area contributed by atoms with Gasteiger partial charge in [0.25, 0.3) is 0 Å². The van der Waals surface area contributed by atoms with E-state index >= 15 is 0 Å². The lowest BCUT2D eigenvalue weighted by Gasteiger charge is -2.29. The van der Waals surface area contributed by atoms with E-state index in [-0.39, 0.29) is 11.5 Å². The molecule has 0 fully saturated rings. The van der Waals surface area contributed by atoms with Crippen LogP contribution in [0.2, 0.25) is 0 Å². The first-order chi connectivity index (χ1) is 9.64. The fraction of sp³-hybridized carbons (Fsp3) is 0.125. The van der Waals surface area contributed by atoms with Crippen LogP contribution in [-0.2, 0) is 10.2 Å². The Hall–Kier alpha value is -2.62. The molecule has 1 atom stereocenters. The van der Waals surface area contributed by atoms with E-state index < -0.39 is 5.41 Å². The lowest BCUT2D eigenvalue weighted by atomic mass is 9.68. The smallest absolute Gasteiger partial charge is 0.178 e. The van der Waals surface area contributed by atoms with E-state index in [4.69, 9.17) is 4.74 Å². The van der Waals surface area contributed by atoms with E-state index in [0.29, 0.717) is 17.1 Å². The summed E-state index contributed by atoms with van der Waals surface area (Å²) >= 11 is 0. The summed E-state index contributed by atoms with van der Waals surface area (Å²) in [5.41, 5.74) is 1.37. The maximum atomic E-state index is 12.7. The van der Waals surface area contributed by atoms with Gasteiger partial charge in [0.1, 0.15) is 22.7 Å². The van der Waals surface area contributed by atoms with Crippen molar-refractivity contribution in [2.45, 2.75) is 12.3 Å². The topological polar surface area (TPSA) is 58.9 Å². The third-order valence-corrected chi connectivity index (χ3v) is 4.02. The number of nitrogens with zero attached hydrogens (tertiary/aromatic N) is 1. The predicted molar refractivity (Wildman–Crippen MR) is 74.0 cm³/mol. The minimum Gasteiger partial charge on any atom is -0.508 e. The molecule has 4 heteroatoms. The van der Waals surface area contributed by atoms with Gasteiger partial charge < -0.3 is 9.84 Å². The molecule has 1 aromatic carbocycles. The van der Waals surface area contributed by atoms with Crippen molar-refractivity contribution in [3.05, 3.63) is 59.0 Å². The normalized spacial score (nSPS) is 25.4. The van der Waals surface area contributed by atoms with E-state index in [1.807, 2.05) is 6.92 Å². The fourth-order valence-electron chi connectivity index (χ4n) is 3.19. The number of phenols is 1. The summed E-state index contributed by atoms with van der Waals surface area (Å²) in [6, 6.07) is 3.15. The van der Waals surface area contributed by atoms with Crippen molar-refractivity contribution in [3.8, 4) is 11.5 Å². The second kappa shape index (κ2) is 3.48. The van der Waals surface area contributed by atoms with Crippen LogP contribution in [0.15, 0.2) is 52.9 Å². The molecule has 3 aliphatic rings. The van der Waals surface area contributed by atoms with Gasteiger partial charge in [0.15, 0.2) is 5.78 Å². The minimum absolute atomic E-state index is 0.0417. The Morgan fingerprint density at radius 1 is 1.35 bits per heavy atom. The summed E-state index contributed by atoms with van der Waals surface area (Å²) in [5, 5.41) is 9.79. The van der Waals surface area contributed by atoms with Crippen LogP contribution in [0.1, 0.15) is 18.1 Å². The van der Waals surface area contributed by atoms with Gasteiger partial charge in [-0.1, -0.05) is 6.08 Å². The van der Waals surface area contributed by atoms with Gasteiger partial charge in [0.2, 0.25) is 0 Å². The number of hydrogen-bond acceptors (Lipinski definition) is 4. The number of hydrogen-bond donors (Lipinski definition) is 1. The molecule has 0 saturated carbocycles. The molecular formula is C16H11NO3. The van der Waals surface area contributed by atoms with Crippen LogP contribution in [0.25, 0.3) is 0 Å². The van der Waals surface area contributed by atoms with Gasteiger partial charge in [-0.15, -0.1) is 0 Å². The van der Waals surface area contributed by atoms with Crippen molar-refractivity contribution in [1.82, 2.24) is 0 Å². The molecule has 20 heavy (non-hydrogen) atoms. The van der Waals surface area contributed by atoms with Crippen molar-refractivity contribution in [1.29, 1.82) is 0 Å². The summed E-state index contributed by atoms with van der Waals surface area (Å²) in [6.07, 6.45) is 8.37. The molecule has 1 unspecified atom stereocenters. The highest BCUT2D eigenvalue weighted by Gasteiger charge is 2.54. The van der Waals surface area contributed by atoms with Gasteiger partial charge in [0, 0.05) is 29.6 Å². The number of ether oxygens (including phenoxy) is 1. The molecule has 2 aliphatic heterocycles. The number of aromatic hydroxyl groups is 1. The Balaban J connectivity index is 2.17. The van der Waals surface area contributed by atoms with Crippen molar-refractivity contribution < 1.29 is 14.6 Å². The highest BCUT2D eigenvalue weighted by atomic mass is 16.5. The molecule has 0 saturated heterocycles. The molecule has 0 bridgehead atoms. The zero-order valence-electron chi connectivity index (χ0n) is 10.8. The number of allylic oxidation sites excluding steroid dienone is 4. The fourth-order valence-corrected chi connectivity index (χ4v) is 3.19. The maximum absolute atomic E-state index is 12.7. The van der Waals surface area contributed by atoms with Crippen LogP contribution in [-0.4, -0.2) is 17.1 Å². The molecular weight excluding hydrogens is 254 g/mol. The van der Waals surface area contributed by atoms with Gasteiger partial charge >= 0.3 is 0 Å². The van der Waals surface area contributed by atoms with Crippen LogP contribution >= 0.6 is 0 Å². The zero-order valence-corrected chi connectivity index (χ0v) is 10.8. The Bertz CT molecular complexity index is 783. The van der Waals surface area contributed by atoms with Crippen LogP contribution in [0, 0.1) is 0 Å². The number of carbonyl (C=O) groups is 1. The van der Waals surface area contributed by atoms with Crippen LogP contribution in [0.3, 0.4) is 0 Å². The average Bonchev–Trinajstić information content (AvgIpc) is 2.66. The first-order valence-corrected chi connectivity index (χ1v) is 6.33. The van der Waals surface area contributed by atoms with E-state index in [1.165, 1.54) is 0 Å². The number of rotatable bonds is 0. The van der Waals surface area contributed by atoms with Crippen molar-refractivity contribution in [2.24, 2.45) is 4.99 Å². The van der Waals surface area contributed by atoms with E-state index in [9.17, 15) is 9.90 Å². The monoisotopic (exact) mass is 265 g/mol. The van der Waals surface area contributed by atoms with Gasteiger partial charge in [-0.2, -0.15) is 0 Å². The predicted octanol–water partition coefficient (Wildman–Crippen LogP) is 2.38. The summed E-state index contributed by atoms with van der Waals surface area (Å²) in [5.74, 6) is 1.15. The summed E-state index contributed by atoms with van der Waals surface area (Å²) in [6.45, 7) is 1.88. The molecule has 0 aromatic heterocycles. The number of ketones is 1. The largest absolute Gasteiger partial charge is 0.508 e. The quantitative estimate of drug-likeness (QED) is 0.783. The lowest BCUT2D eigenvalue weighted by Crippen LogP contribution is -2.38. The molecule has 4 nitrogen and oxygen atoms in total. The summed E-state index contributed by atoms with van der Waals surface area (Å²) in [4.78, 5) is 16.9. The van der Waals surface area contributed by atoms with Crippen LogP contribution in [0.5, 0.6) is 11.5 Å². The van der Waals surface area contributed by atoms with E-state index in [1.54, 1.807) is 42.8 Å². The lowest BCUT2D eigenvalue weighted by molar-refractivity contribution is -0.118. The van der Waals surface area contributed by atoms with Gasteiger partial charge in [0.05, 0.1) is 0 Å². The minimum atomic E-state index is -0.927. The number of aliphatic imine (C=N–C) groups is 1. The highest BCUT2D eigenvalue weighted by Crippen LogP contribution is 2.54. The molecule has 1 aromatic rings. The Labute approximate surface area is 115 Å². The number of benzene rings is 1. The standard InChI is InChI=1S/C16H11NO3/c1-9-7-17-8-10-5-11(18)6-12-15(10)16(9)13(19)3-2-4-14(16)20-12/h2-8,18H,1H3. The van der Waals surface area contributed by atoms with Crippen LogP contribution < -0.4 is 4.74 Å². The van der Waals surface area contributed by atoms with Crippen LogP contribution in [0.4, 0.5) is 0 Å². The van der Waals surface area contributed by atoms with Crippen molar-refractivity contribution >= 4 is 12.0 Å². The first kappa shape index (κ1) is 11.2. The average molecular weight is 265 g/mol. The third kappa shape index (κ3) is 1.12. The molecule has 98 valence electrons. The highest BCUT2D eigenvalue weighted by molar-refractivity contribution is 6.09. The van der Waals surface area contributed by atoms with Crippen molar-refractivity contribution in [3.63, 3.8) is 0 Å². The van der Waals surface area contributed by atoms with Crippen molar-refractivity contribution in [2.75, 3.05) is 0 Å². The second-order valence-corrected chi connectivity index (χ2v) is 5.10. The third-order valence-electron chi connectivity index (χ3n) is 4.02. The number of carbonyl (C=O) groups excluding carboxylic acids is 1. The molecule has 1 spiro atoms. The molecule has 1 N–H and O–H groups in total. The molecule has 0 amide bonds. The molecule has 1 aliphatic carbocycles. The molecule has 0 radical (unpaired) electrons. The number of phenolic OH excluding ortho intramolecular Hbond substituents is 1. The van der Waals surface area contributed by atoms with Gasteiger partial charge in [-0.05, 0) is 30.7 Å². The Morgan fingerprint density at radius 2 is 2.20 bits per heavy atom. The Kier molecular flexibility index (Phi) is 1.95. The van der Waals surface area contributed by atoms with Gasteiger partial charge in [-0.25, -0.2) is 0 Å². The maximum Gasteiger partial charge on any atom is 0.178 e. The SMILES string of the molecule is CC1=CN=Cc2cc(O)cc3c2C12C(=O)C=CC=C2O3.